The van der Waals surface area contributed by atoms with E-state index < -0.39 is 182 Å². The van der Waals surface area contributed by atoms with E-state index in [2.05, 4.69) is 53.2 Å². The maximum Gasteiger partial charge on any atom is 0.325 e. The van der Waals surface area contributed by atoms with Gasteiger partial charge in [-0.1, -0.05) is 44.2 Å². The van der Waals surface area contributed by atoms with Crippen molar-refractivity contribution in [2.24, 2.45) is 23.1 Å². The van der Waals surface area contributed by atoms with E-state index in [1.807, 2.05) is 0 Å². The molecule has 0 saturated heterocycles. The Labute approximate surface area is 449 Å². The predicted octanol–water partition coefficient (Wildman–Crippen LogP) is -9.07. The molecule has 1 aromatic carbocycles. The number of aliphatic hydroxyl groups excluding tert-OH is 5. The molecule has 1 rings (SSSR count). The van der Waals surface area contributed by atoms with E-state index >= 15 is 0 Å². The molecular weight excluding hydrogens is 1030 g/mol. The van der Waals surface area contributed by atoms with E-state index in [-0.39, 0.29) is 19.4 Å². The van der Waals surface area contributed by atoms with Gasteiger partial charge in [0, 0.05) is 6.42 Å². The minimum absolute atomic E-state index is 0.0388. The fourth-order valence-corrected chi connectivity index (χ4v) is 7.06. The standard InChI is InChI=1S/C47H77N13O18/c1-21(2)34(43(73)53-27(14-10-11-15-48)38(68)51-22(3)47(77)78)57-45(75)37(25(6)65)60-46(76)36(24(5)64)59-42(72)31(20-62)56-44(74)35(23(4)63)58-40(70)28(16-26-12-8-7-9-13-26)54-39(69)29(17-32(50)66)55-41(71)30(19-61)52-33(67)18-49/h7-9,12-13,21-25,27-31,34-37,61-65H,10-11,14-20,48-49H2,1-6H3,(H2,50,66)(H,51,68)(H,52,67)(H,53,73)(H,54,69)(H,55,71)(H,56,74)(H,57,75)(H,58,70)(H,59,72)(H,60,76)(H,77,78)/t22-,23+,24+,25+,27-,28+,29-,30-,31-,34-,35-,36-,37-/m0/s1. The summed E-state index contributed by atoms with van der Waals surface area (Å²) in [6.45, 7) is 4.95. The van der Waals surface area contributed by atoms with Gasteiger partial charge in [0.2, 0.25) is 65.0 Å². The summed E-state index contributed by atoms with van der Waals surface area (Å²) in [6, 6.07) is -9.02. The Balaban J connectivity index is 3.36. The van der Waals surface area contributed by atoms with Gasteiger partial charge in [-0.25, -0.2) is 0 Å². The summed E-state index contributed by atoms with van der Waals surface area (Å²) in [6.07, 6.45) is -5.60. The lowest BCUT2D eigenvalue weighted by molar-refractivity contribution is -0.142. The summed E-state index contributed by atoms with van der Waals surface area (Å²) >= 11 is 0. The second kappa shape index (κ2) is 34.4. The number of aliphatic carboxylic acids is 1. The van der Waals surface area contributed by atoms with Gasteiger partial charge in [0.15, 0.2) is 0 Å². The van der Waals surface area contributed by atoms with Crippen molar-refractivity contribution in [1.29, 1.82) is 0 Å². The number of carbonyl (C=O) groups excluding carboxylic acids is 11. The minimum Gasteiger partial charge on any atom is -0.480 e. The first-order chi connectivity index (χ1) is 36.5. The number of unbranched alkanes of at least 4 members (excludes halogenated alkanes) is 1. The van der Waals surface area contributed by atoms with E-state index in [9.17, 15) is 88.2 Å². The van der Waals surface area contributed by atoms with Gasteiger partial charge in [-0.3, -0.25) is 57.5 Å². The van der Waals surface area contributed by atoms with Crippen LogP contribution >= 0.6 is 0 Å². The number of carboxylic acid groups (broad SMARTS) is 1. The number of nitrogens with two attached hydrogens (primary N) is 3. The Morgan fingerprint density at radius 3 is 1.31 bits per heavy atom. The molecule has 438 valence electrons. The molecule has 0 saturated carbocycles. The summed E-state index contributed by atoms with van der Waals surface area (Å²) in [7, 11) is 0. The highest BCUT2D eigenvalue weighted by molar-refractivity contribution is 6.00. The number of amides is 11. The number of carbonyl (C=O) groups is 12. The molecule has 22 N–H and O–H groups in total. The lowest BCUT2D eigenvalue weighted by Crippen LogP contribution is -2.64. The molecule has 0 aliphatic rings. The molecule has 0 spiro atoms. The van der Waals surface area contributed by atoms with Crippen LogP contribution in [0.15, 0.2) is 30.3 Å². The first kappa shape index (κ1) is 68.6. The van der Waals surface area contributed by atoms with Crippen molar-refractivity contribution in [3.63, 3.8) is 0 Å². The fourth-order valence-electron chi connectivity index (χ4n) is 7.06. The van der Waals surface area contributed by atoms with Gasteiger partial charge in [-0.05, 0) is 65.0 Å². The van der Waals surface area contributed by atoms with Crippen LogP contribution in [0.3, 0.4) is 0 Å². The molecule has 13 atom stereocenters. The number of hydrogen-bond donors (Lipinski definition) is 19. The van der Waals surface area contributed by atoms with Crippen molar-refractivity contribution in [3.8, 4) is 0 Å². The van der Waals surface area contributed by atoms with Crippen LogP contribution in [0.4, 0.5) is 0 Å². The van der Waals surface area contributed by atoms with Crippen LogP contribution in [-0.4, -0.2) is 207 Å². The Kier molecular flexibility index (Phi) is 30.2. The second-order valence-electron chi connectivity index (χ2n) is 18.6. The van der Waals surface area contributed by atoms with Gasteiger partial charge in [0.05, 0.1) is 44.5 Å². The molecule has 0 bridgehead atoms. The number of primary amides is 1. The summed E-state index contributed by atoms with van der Waals surface area (Å²) in [5, 5.41) is 83.5. The van der Waals surface area contributed by atoms with Gasteiger partial charge in [-0.15, -0.1) is 0 Å². The highest BCUT2D eigenvalue weighted by Gasteiger charge is 2.39. The smallest absolute Gasteiger partial charge is 0.325 e. The molecule has 1 aromatic rings. The van der Waals surface area contributed by atoms with Crippen molar-refractivity contribution in [2.75, 3.05) is 26.3 Å². The number of hydrogen-bond acceptors (Lipinski definition) is 19. The van der Waals surface area contributed by atoms with Crippen molar-refractivity contribution in [3.05, 3.63) is 35.9 Å². The Bertz CT molecular complexity index is 2220. The average Bonchev–Trinajstić information content (AvgIpc) is 3.37. The minimum atomic E-state index is -1.99. The molecule has 0 fully saturated rings. The SMILES string of the molecule is CC(C)[C@H](NC(=O)[C@@H](NC(=O)[C@@H](NC(=O)[C@H](CO)NC(=O)[C@@H](NC(=O)[C@@H](Cc1ccccc1)NC(=O)[C@H](CC(N)=O)NC(=O)[C@H](CO)NC(=O)CN)[C@@H](C)O)[C@@H](C)O)[C@@H](C)O)C(=O)N[C@@H](CCCCN)C(=O)N[C@@H](C)C(=O)O. The zero-order chi connectivity index (χ0) is 59.6. The van der Waals surface area contributed by atoms with E-state index in [1.54, 1.807) is 30.3 Å². The van der Waals surface area contributed by atoms with E-state index in [4.69, 9.17) is 17.2 Å². The number of carboxylic acids is 1. The normalized spacial score (nSPS) is 16.1. The number of nitrogens with one attached hydrogen (secondary N) is 10. The average molecular weight is 1110 g/mol. The van der Waals surface area contributed by atoms with Gasteiger partial charge in [-0.2, -0.15) is 0 Å². The number of benzene rings is 1. The van der Waals surface area contributed by atoms with Crippen molar-refractivity contribution in [1.82, 2.24) is 53.2 Å². The number of aliphatic hydroxyl groups is 5. The molecule has 0 heterocycles. The molecule has 31 heteroatoms. The topological polar surface area (TPSA) is 525 Å². The van der Waals surface area contributed by atoms with E-state index in [0.717, 1.165) is 20.8 Å². The molecule has 78 heavy (non-hydrogen) atoms. The lowest BCUT2D eigenvalue weighted by atomic mass is 10.0. The Hall–Kier alpha value is -7.42. The van der Waals surface area contributed by atoms with E-state index in [0.29, 0.717) is 18.4 Å². The molecular formula is C47H77N13O18. The third-order valence-electron chi connectivity index (χ3n) is 11.5. The summed E-state index contributed by atoms with van der Waals surface area (Å²) in [4.78, 5) is 157. The van der Waals surface area contributed by atoms with Crippen LogP contribution in [0.5, 0.6) is 0 Å². The van der Waals surface area contributed by atoms with Gasteiger partial charge < -0.3 is 101 Å². The maximum absolute atomic E-state index is 13.9. The molecule has 0 aromatic heterocycles. The van der Waals surface area contributed by atoms with Crippen LogP contribution < -0.4 is 70.4 Å². The van der Waals surface area contributed by atoms with Gasteiger partial charge >= 0.3 is 5.97 Å². The zero-order valence-electron chi connectivity index (χ0n) is 44.1. The van der Waals surface area contributed by atoms with E-state index in [1.165, 1.54) is 20.8 Å². The van der Waals surface area contributed by atoms with Crippen LogP contribution in [0.1, 0.15) is 72.8 Å². The van der Waals surface area contributed by atoms with Crippen molar-refractivity contribution >= 4 is 70.9 Å². The molecule has 31 nitrogen and oxygen atoms in total. The first-order valence-corrected chi connectivity index (χ1v) is 24.8. The highest BCUT2D eigenvalue weighted by Crippen LogP contribution is 2.10. The first-order valence-electron chi connectivity index (χ1n) is 24.8. The molecule has 0 aliphatic carbocycles. The fraction of sp³-hybridized carbons (Fsp3) is 0.617. The Morgan fingerprint density at radius 2 is 0.859 bits per heavy atom. The highest BCUT2D eigenvalue weighted by atomic mass is 16.4. The third kappa shape index (κ3) is 23.4. The zero-order valence-corrected chi connectivity index (χ0v) is 44.1. The quantitative estimate of drug-likeness (QED) is 0.0281. The monoisotopic (exact) mass is 1110 g/mol. The van der Waals surface area contributed by atoms with Crippen molar-refractivity contribution < 1.29 is 88.2 Å². The Morgan fingerprint density at radius 1 is 0.474 bits per heavy atom. The largest absolute Gasteiger partial charge is 0.480 e. The third-order valence-corrected chi connectivity index (χ3v) is 11.5. The maximum atomic E-state index is 13.9. The molecule has 0 aliphatic heterocycles. The van der Waals surface area contributed by atoms with Crippen LogP contribution in [0, 0.1) is 5.92 Å². The molecule has 0 unspecified atom stereocenters. The van der Waals surface area contributed by atoms with Crippen LogP contribution in [-0.2, 0) is 64.0 Å². The number of rotatable bonds is 35. The molecule has 0 radical (unpaired) electrons. The summed E-state index contributed by atoms with van der Waals surface area (Å²) < 4.78 is 0. The lowest BCUT2D eigenvalue weighted by Gasteiger charge is -2.30. The summed E-state index contributed by atoms with van der Waals surface area (Å²) in [5.41, 5.74) is 16.6. The van der Waals surface area contributed by atoms with Gasteiger partial charge in [0.1, 0.15) is 60.4 Å². The van der Waals surface area contributed by atoms with Crippen LogP contribution in [0.2, 0.25) is 0 Å². The van der Waals surface area contributed by atoms with Crippen LogP contribution in [0.25, 0.3) is 0 Å². The predicted molar refractivity (Wildman–Crippen MR) is 273 cm³/mol. The van der Waals surface area contributed by atoms with Crippen molar-refractivity contribution in [2.45, 2.75) is 152 Å². The molecule has 11 amide bonds. The van der Waals surface area contributed by atoms with Gasteiger partial charge in [0.25, 0.3) is 0 Å². The second-order valence-corrected chi connectivity index (χ2v) is 18.6. The summed E-state index contributed by atoms with van der Waals surface area (Å²) in [5.74, 6) is -14.3.